The molecule has 4 rings (SSSR count). The van der Waals surface area contributed by atoms with E-state index in [9.17, 15) is 5.11 Å². The van der Waals surface area contributed by atoms with Gasteiger partial charge in [-0.25, -0.2) is 4.99 Å². The summed E-state index contributed by atoms with van der Waals surface area (Å²) in [7, 11) is 0. The molecule has 2 heterocycles. The van der Waals surface area contributed by atoms with Crippen molar-refractivity contribution in [1.29, 1.82) is 0 Å². The predicted molar refractivity (Wildman–Crippen MR) is 135 cm³/mol. The van der Waals surface area contributed by atoms with Crippen LogP contribution in [0.25, 0.3) is 0 Å². The van der Waals surface area contributed by atoms with E-state index in [4.69, 9.17) is 4.99 Å². The number of nitrogens with zero attached hydrogens (tertiary/aromatic N) is 4. The number of rotatable bonds is 7. The molecule has 2 saturated heterocycles. The van der Waals surface area contributed by atoms with Crippen LogP contribution in [-0.2, 0) is 19.6 Å². The number of piperidine rings is 1. The van der Waals surface area contributed by atoms with Crippen LogP contribution >= 0.6 is 0 Å². The average molecular weight is 450 g/mol. The number of likely N-dealkylation sites (tertiary alicyclic amines) is 1. The van der Waals surface area contributed by atoms with Gasteiger partial charge in [-0.15, -0.1) is 0 Å². The second-order valence-electron chi connectivity index (χ2n) is 9.24. The minimum Gasteiger partial charge on any atom is -0.393 e. The zero-order chi connectivity index (χ0) is 22.9. The highest BCUT2D eigenvalue weighted by atomic mass is 16.3. The largest absolute Gasteiger partial charge is 0.393 e. The molecule has 178 valence electrons. The number of nitrogens with one attached hydrogen (secondary N) is 1. The fourth-order valence-electron chi connectivity index (χ4n) is 4.64. The zero-order valence-corrected chi connectivity index (χ0v) is 20.0. The van der Waals surface area contributed by atoms with E-state index in [1.165, 1.54) is 16.7 Å². The molecule has 2 aromatic carbocycles. The van der Waals surface area contributed by atoms with Gasteiger partial charge in [-0.3, -0.25) is 9.80 Å². The van der Waals surface area contributed by atoms with Crippen molar-refractivity contribution in [3.8, 4) is 0 Å². The third-order valence-electron chi connectivity index (χ3n) is 6.65. The van der Waals surface area contributed by atoms with Crippen LogP contribution in [0.3, 0.4) is 0 Å². The van der Waals surface area contributed by atoms with Crippen molar-refractivity contribution in [3.63, 3.8) is 0 Å². The molecule has 0 unspecified atom stereocenters. The van der Waals surface area contributed by atoms with Crippen LogP contribution in [0.15, 0.2) is 59.6 Å². The van der Waals surface area contributed by atoms with Crippen LogP contribution in [0.5, 0.6) is 0 Å². The smallest absolute Gasteiger partial charge is 0.194 e. The molecule has 6 heteroatoms. The van der Waals surface area contributed by atoms with Gasteiger partial charge >= 0.3 is 0 Å². The van der Waals surface area contributed by atoms with Gasteiger partial charge in [0.2, 0.25) is 0 Å². The SMILES string of the molecule is CCNC(=NCc1ccc(CN2CCC(O)CC2)cc1)N1CCN(Cc2ccccc2)CC1. The van der Waals surface area contributed by atoms with Gasteiger partial charge in [-0.05, 0) is 36.5 Å². The van der Waals surface area contributed by atoms with Crippen LogP contribution in [-0.4, -0.2) is 77.7 Å². The molecule has 0 radical (unpaired) electrons. The van der Waals surface area contributed by atoms with Crippen molar-refractivity contribution in [2.45, 2.75) is 45.5 Å². The van der Waals surface area contributed by atoms with Crippen molar-refractivity contribution in [2.24, 2.45) is 4.99 Å². The van der Waals surface area contributed by atoms with Gasteiger partial charge in [0.15, 0.2) is 5.96 Å². The number of hydrogen-bond donors (Lipinski definition) is 2. The lowest BCUT2D eigenvalue weighted by Gasteiger charge is -2.36. The molecule has 0 atom stereocenters. The minimum atomic E-state index is -0.112. The van der Waals surface area contributed by atoms with E-state index >= 15 is 0 Å². The Kier molecular flexibility index (Phi) is 8.75. The van der Waals surface area contributed by atoms with Crippen molar-refractivity contribution >= 4 is 5.96 Å². The fourth-order valence-corrected chi connectivity index (χ4v) is 4.64. The molecule has 0 bridgehead atoms. The van der Waals surface area contributed by atoms with E-state index in [1.807, 2.05) is 0 Å². The van der Waals surface area contributed by atoms with E-state index in [0.29, 0.717) is 6.54 Å². The normalized spacial score (nSPS) is 19.1. The van der Waals surface area contributed by atoms with Gasteiger partial charge in [0.1, 0.15) is 0 Å². The lowest BCUT2D eigenvalue weighted by Crippen LogP contribution is -2.52. The van der Waals surface area contributed by atoms with Gasteiger partial charge in [-0.2, -0.15) is 0 Å². The van der Waals surface area contributed by atoms with Crippen LogP contribution in [0.2, 0.25) is 0 Å². The van der Waals surface area contributed by atoms with Crippen LogP contribution in [0.1, 0.15) is 36.5 Å². The molecule has 0 spiro atoms. The molecule has 2 N–H and O–H groups in total. The first kappa shape index (κ1) is 23.7. The number of guanidine groups is 1. The maximum absolute atomic E-state index is 9.69. The number of hydrogen-bond acceptors (Lipinski definition) is 4. The second-order valence-corrected chi connectivity index (χ2v) is 9.24. The van der Waals surface area contributed by atoms with Crippen LogP contribution in [0.4, 0.5) is 0 Å². The zero-order valence-electron chi connectivity index (χ0n) is 20.0. The third kappa shape index (κ3) is 7.29. The average Bonchev–Trinajstić information content (AvgIpc) is 2.85. The molecule has 33 heavy (non-hydrogen) atoms. The van der Waals surface area contributed by atoms with Gasteiger partial charge in [-0.1, -0.05) is 54.6 Å². The third-order valence-corrected chi connectivity index (χ3v) is 6.65. The summed E-state index contributed by atoms with van der Waals surface area (Å²) >= 11 is 0. The predicted octanol–water partition coefficient (Wildman–Crippen LogP) is 2.93. The molecule has 0 amide bonds. The van der Waals surface area contributed by atoms with E-state index in [0.717, 1.165) is 77.7 Å². The number of aliphatic imine (C=N–C) groups is 1. The van der Waals surface area contributed by atoms with Gasteiger partial charge in [0.05, 0.1) is 12.6 Å². The molecule has 0 aromatic heterocycles. The van der Waals surface area contributed by atoms with Crippen molar-refractivity contribution in [3.05, 3.63) is 71.3 Å². The highest BCUT2D eigenvalue weighted by Gasteiger charge is 2.20. The quantitative estimate of drug-likeness (QED) is 0.503. The van der Waals surface area contributed by atoms with Gasteiger partial charge in [0, 0.05) is 58.9 Å². The van der Waals surface area contributed by atoms with E-state index < -0.39 is 0 Å². The fraction of sp³-hybridized carbons (Fsp3) is 0.519. The summed E-state index contributed by atoms with van der Waals surface area (Å²) in [5.74, 6) is 1.02. The number of aliphatic hydroxyl groups is 1. The number of aliphatic hydroxyl groups excluding tert-OH is 1. The summed E-state index contributed by atoms with van der Waals surface area (Å²) in [5.41, 5.74) is 3.96. The van der Waals surface area contributed by atoms with Gasteiger partial charge < -0.3 is 15.3 Å². The summed E-state index contributed by atoms with van der Waals surface area (Å²) in [6, 6.07) is 19.6. The molecule has 2 aliphatic heterocycles. The Balaban J connectivity index is 1.27. The number of piperazine rings is 1. The first-order valence-electron chi connectivity index (χ1n) is 12.5. The molecule has 0 saturated carbocycles. The van der Waals surface area contributed by atoms with E-state index in [1.54, 1.807) is 0 Å². The molecule has 2 fully saturated rings. The lowest BCUT2D eigenvalue weighted by molar-refractivity contribution is 0.0792. The second kappa shape index (κ2) is 12.2. The summed E-state index contributed by atoms with van der Waals surface area (Å²) in [6.45, 7) is 11.8. The topological polar surface area (TPSA) is 54.3 Å². The first-order chi connectivity index (χ1) is 16.2. The van der Waals surface area contributed by atoms with Crippen LogP contribution in [0, 0.1) is 0 Å². The molecule has 6 nitrogen and oxygen atoms in total. The molecular weight excluding hydrogens is 410 g/mol. The summed E-state index contributed by atoms with van der Waals surface area (Å²) in [6.07, 6.45) is 1.67. The first-order valence-corrected chi connectivity index (χ1v) is 12.5. The Morgan fingerprint density at radius 1 is 0.818 bits per heavy atom. The standard InChI is InChI=1S/C27H39N5O/c1-2-28-27(32-18-16-31(17-19-32)21-24-6-4-3-5-7-24)29-20-23-8-10-25(11-9-23)22-30-14-12-26(33)13-15-30/h3-11,26,33H,2,12-22H2,1H3,(H,28,29). The van der Waals surface area contributed by atoms with E-state index in [2.05, 4.69) is 81.5 Å². The van der Waals surface area contributed by atoms with Crippen molar-refractivity contribution < 1.29 is 5.11 Å². The Labute approximate surface area is 198 Å². The maximum atomic E-state index is 9.69. The van der Waals surface area contributed by atoms with Crippen LogP contribution < -0.4 is 5.32 Å². The van der Waals surface area contributed by atoms with E-state index in [-0.39, 0.29) is 6.10 Å². The molecule has 2 aromatic rings. The highest BCUT2D eigenvalue weighted by molar-refractivity contribution is 5.80. The number of benzene rings is 2. The Bertz CT molecular complexity index is 854. The lowest BCUT2D eigenvalue weighted by atomic mass is 10.1. The van der Waals surface area contributed by atoms with Gasteiger partial charge in [0.25, 0.3) is 0 Å². The molecular formula is C27H39N5O. The summed E-state index contributed by atoms with van der Waals surface area (Å²) in [4.78, 5) is 12.3. The highest BCUT2D eigenvalue weighted by Crippen LogP contribution is 2.15. The summed E-state index contributed by atoms with van der Waals surface area (Å²) < 4.78 is 0. The molecule has 2 aliphatic rings. The van der Waals surface area contributed by atoms with Crippen molar-refractivity contribution in [1.82, 2.24) is 20.0 Å². The summed E-state index contributed by atoms with van der Waals surface area (Å²) in [5, 5.41) is 13.2. The Morgan fingerprint density at radius 3 is 2.03 bits per heavy atom. The monoisotopic (exact) mass is 449 g/mol. The Morgan fingerprint density at radius 2 is 1.39 bits per heavy atom. The maximum Gasteiger partial charge on any atom is 0.194 e. The minimum absolute atomic E-state index is 0.112. The Hall–Kier alpha value is -2.41. The molecule has 0 aliphatic carbocycles. The van der Waals surface area contributed by atoms with Crippen molar-refractivity contribution in [2.75, 3.05) is 45.8 Å².